The van der Waals surface area contributed by atoms with Gasteiger partial charge in [-0.3, -0.25) is 14.8 Å². The Bertz CT molecular complexity index is 855. The number of benzene rings is 2. The highest BCUT2D eigenvalue weighted by Crippen LogP contribution is 2.27. The Morgan fingerprint density at radius 3 is 2.50 bits per heavy atom. The van der Waals surface area contributed by atoms with Gasteiger partial charge in [-0.2, -0.15) is 4.39 Å². The largest absolute Gasteiger partial charge is 0.306 e. The van der Waals surface area contributed by atoms with Crippen molar-refractivity contribution in [3.8, 4) is 0 Å². The van der Waals surface area contributed by atoms with Crippen molar-refractivity contribution in [3.63, 3.8) is 0 Å². The van der Waals surface area contributed by atoms with Crippen LogP contribution in [0.25, 0.3) is 0 Å². The van der Waals surface area contributed by atoms with E-state index < -0.39 is 26.5 Å². The van der Waals surface area contributed by atoms with E-state index >= 15 is 0 Å². The van der Waals surface area contributed by atoms with Crippen molar-refractivity contribution in [2.45, 2.75) is 11.8 Å². The van der Waals surface area contributed by atoms with Gasteiger partial charge in [0, 0.05) is 10.5 Å². The van der Waals surface area contributed by atoms with Crippen LogP contribution in [0.15, 0.2) is 45.8 Å². The molecule has 0 fully saturated rings. The lowest BCUT2D eigenvalue weighted by molar-refractivity contribution is -0.387. The number of nitro benzene ring substituents is 1. The quantitative estimate of drug-likeness (QED) is 0.639. The van der Waals surface area contributed by atoms with Gasteiger partial charge in [-0.15, -0.1) is 0 Å². The fraction of sp³-hybridized carbons (Fsp3) is 0.0769. The maximum Gasteiger partial charge on any atom is 0.306 e. The van der Waals surface area contributed by atoms with E-state index in [4.69, 9.17) is 0 Å². The Morgan fingerprint density at radius 1 is 1.23 bits per heavy atom. The molecule has 9 heteroatoms. The molecule has 0 aliphatic carbocycles. The zero-order chi connectivity index (χ0) is 16.5. The summed E-state index contributed by atoms with van der Waals surface area (Å²) in [7, 11) is -3.96. The van der Waals surface area contributed by atoms with Gasteiger partial charge in [0.25, 0.3) is 10.0 Å². The normalized spacial score (nSPS) is 11.2. The molecule has 2 aromatic carbocycles. The summed E-state index contributed by atoms with van der Waals surface area (Å²) in [5.74, 6) is -1.04. The predicted octanol–water partition coefficient (Wildman–Crippen LogP) is 3.61. The summed E-state index contributed by atoms with van der Waals surface area (Å²) in [6.07, 6.45) is 0. The predicted molar refractivity (Wildman–Crippen MR) is 82.7 cm³/mol. The van der Waals surface area contributed by atoms with Crippen LogP contribution in [0.5, 0.6) is 0 Å². The number of nitrogens with zero attached hydrogens (tertiary/aromatic N) is 1. The fourth-order valence-electron chi connectivity index (χ4n) is 1.75. The average Bonchev–Trinajstić information content (AvgIpc) is 2.39. The lowest BCUT2D eigenvalue weighted by atomic mass is 10.2. The Balaban J connectivity index is 2.41. The van der Waals surface area contributed by atoms with E-state index in [2.05, 4.69) is 20.7 Å². The molecular formula is C13H10BrFN2O4S. The monoisotopic (exact) mass is 388 g/mol. The van der Waals surface area contributed by atoms with Crippen LogP contribution in [-0.2, 0) is 10.0 Å². The molecule has 0 saturated heterocycles. The summed E-state index contributed by atoms with van der Waals surface area (Å²) in [5.41, 5.74) is -0.0352. The van der Waals surface area contributed by atoms with E-state index in [1.807, 2.05) is 0 Å². The summed E-state index contributed by atoms with van der Waals surface area (Å²) in [6.45, 7) is 1.80. The number of hydrogen-bond acceptors (Lipinski definition) is 4. The smallest absolute Gasteiger partial charge is 0.279 e. The van der Waals surface area contributed by atoms with E-state index in [9.17, 15) is 22.9 Å². The highest BCUT2D eigenvalue weighted by Gasteiger charge is 2.20. The van der Waals surface area contributed by atoms with Crippen molar-refractivity contribution in [2.24, 2.45) is 0 Å². The van der Waals surface area contributed by atoms with Crippen molar-refractivity contribution < 1.29 is 17.7 Å². The minimum atomic E-state index is -3.96. The molecule has 0 heterocycles. The second kappa shape index (κ2) is 6.01. The summed E-state index contributed by atoms with van der Waals surface area (Å²) >= 11 is 3.16. The van der Waals surface area contributed by atoms with Gasteiger partial charge in [0.05, 0.1) is 10.6 Å². The third-order valence-corrected chi connectivity index (χ3v) is 5.13. The highest BCUT2D eigenvalue weighted by molar-refractivity contribution is 9.10. The zero-order valence-electron chi connectivity index (χ0n) is 11.2. The Kier molecular flexibility index (Phi) is 4.47. The number of aryl methyl sites for hydroxylation is 1. The van der Waals surface area contributed by atoms with Crippen LogP contribution < -0.4 is 4.72 Å². The molecule has 0 atom stereocenters. The molecule has 0 aromatic heterocycles. The van der Waals surface area contributed by atoms with Crippen molar-refractivity contribution in [1.82, 2.24) is 0 Å². The molecule has 1 N–H and O–H groups in total. The highest BCUT2D eigenvalue weighted by atomic mass is 79.9. The molecule has 0 aliphatic rings. The first kappa shape index (κ1) is 16.4. The molecule has 0 spiro atoms. The average molecular weight is 389 g/mol. The van der Waals surface area contributed by atoms with Gasteiger partial charge in [-0.25, -0.2) is 8.42 Å². The van der Waals surface area contributed by atoms with Crippen molar-refractivity contribution in [1.29, 1.82) is 0 Å². The molecule has 0 unspecified atom stereocenters. The second-order valence-electron chi connectivity index (χ2n) is 4.46. The number of anilines is 1. The van der Waals surface area contributed by atoms with Gasteiger partial charge in [0.15, 0.2) is 0 Å². The number of nitrogens with one attached hydrogen (secondary N) is 1. The van der Waals surface area contributed by atoms with E-state index in [0.717, 1.165) is 23.8 Å². The lowest BCUT2D eigenvalue weighted by Crippen LogP contribution is -2.14. The molecule has 0 aliphatic heterocycles. The van der Waals surface area contributed by atoms with E-state index in [-0.39, 0.29) is 10.6 Å². The first-order chi connectivity index (χ1) is 10.2. The van der Waals surface area contributed by atoms with Crippen LogP contribution in [0.2, 0.25) is 0 Å². The van der Waals surface area contributed by atoms with Crippen molar-refractivity contribution in [2.75, 3.05) is 4.72 Å². The van der Waals surface area contributed by atoms with E-state index in [1.54, 1.807) is 19.1 Å². The van der Waals surface area contributed by atoms with Gasteiger partial charge >= 0.3 is 5.69 Å². The van der Waals surface area contributed by atoms with Gasteiger partial charge in [0.1, 0.15) is 4.90 Å². The molecule has 6 nitrogen and oxygen atoms in total. The summed E-state index contributed by atoms with van der Waals surface area (Å²) in [4.78, 5) is 9.74. The number of hydrogen-bond donors (Lipinski definition) is 1. The second-order valence-corrected chi connectivity index (χ2v) is 6.97. The zero-order valence-corrected chi connectivity index (χ0v) is 13.6. The molecule has 0 saturated carbocycles. The first-order valence-corrected chi connectivity index (χ1v) is 8.21. The molecule has 116 valence electrons. The fourth-order valence-corrected chi connectivity index (χ4v) is 3.99. The molecule has 0 amide bonds. The summed E-state index contributed by atoms with van der Waals surface area (Å²) in [5, 5.41) is 10.7. The minimum Gasteiger partial charge on any atom is -0.279 e. The standard InChI is InChI=1S/C13H10BrFN2O4S/c1-8-2-5-13(10(14)6-8)22(20,21)16-9-3-4-11(15)12(7-9)17(18)19/h2-7,16H,1H3. The minimum absolute atomic E-state index is 0.0231. The topological polar surface area (TPSA) is 89.3 Å². The third-order valence-electron chi connectivity index (χ3n) is 2.77. The van der Waals surface area contributed by atoms with Gasteiger partial charge in [0.2, 0.25) is 5.82 Å². The summed E-state index contributed by atoms with van der Waals surface area (Å²) < 4.78 is 40.4. The maximum atomic E-state index is 13.3. The molecule has 2 aromatic rings. The van der Waals surface area contributed by atoms with Gasteiger partial charge in [-0.1, -0.05) is 6.07 Å². The number of sulfonamides is 1. The molecule has 22 heavy (non-hydrogen) atoms. The molecular weight excluding hydrogens is 379 g/mol. The Labute approximate surface area is 134 Å². The van der Waals surface area contributed by atoms with Gasteiger partial charge < -0.3 is 0 Å². The number of halogens is 2. The lowest BCUT2D eigenvalue weighted by Gasteiger charge is -2.10. The van der Waals surface area contributed by atoms with Gasteiger partial charge in [-0.05, 0) is 52.7 Å². The van der Waals surface area contributed by atoms with E-state index in [0.29, 0.717) is 4.47 Å². The number of rotatable bonds is 4. The van der Waals surface area contributed by atoms with Crippen LogP contribution in [0.3, 0.4) is 0 Å². The van der Waals surface area contributed by atoms with Crippen molar-refractivity contribution in [3.05, 3.63) is 62.4 Å². The molecule has 0 radical (unpaired) electrons. The van der Waals surface area contributed by atoms with Crippen LogP contribution in [0, 0.1) is 22.9 Å². The molecule has 2 rings (SSSR count). The SMILES string of the molecule is Cc1ccc(S(=O)(=O)Nc2ccc(F)c([N+](=O)[O-])c2)c(Br)c1. The third kappa shape index (κ3) is 3.42. The van der Waals surface area contributed by atoms with Crippen molar-refractivity contribution >= 4 is 37.3 Å². The van der Waals surface area contributed by atoms with Crippen LogP contribution in [0.4, 0.5) is 15.8 Å². The maximum absolute atomic E-state index is 13.3. The van der Waals surface area contributed by atoms with Crippen LogP contribution in [-0.4, -0.2) is 13.3 Å². The Morgan fingerprint density at radius 2 is 1.91 bits per heavy atom. The number of nitro groups is 1. The summed E-state index contributed by atoms with van der Waals surface area (Å²) in [6, 6.07) is 7.42. The molecule has 0 bridgehead atoms. The Hall–Kier alpha value is -2.00. The van der Waals surface area contributed by atoms with E-state index in [1.165, 1.54) is 6.07 Å². The van der Waals surface area contributed by atoms with Crippen LogP contribution >= 0.6 is 15.9 Å². The van der Waals surface area contributed by atoms with Crippen LogP contribution in [0.1, 0.15) is 5.56 Å². The first-order valence-electron chi connectivity index (χ1n) is 5.93.